The van der Waals surface area contributed by atoms with Crippen LogP contribution in [0.15, 0.2) is 29.2 Å². The fraction of sp³-hybridized carbons (Fsp3) is 0.533. The molecule has 0 bridgehead atoms. The molecule has 1 saturated carbocycles. The van der Waals surface area contributed by atoms with E-state index >= 15 is 0 Å². The lowest BCUT2D eigenvalue weighted by Crippen LogP contribution is -2.00. The van der Waals surface area contributed by atoms with Gasteiger partial charge in [-0.3, -0.25) is 4.79 Å². The topological polar surface area (TPSA) is 17.1 Å². The van der Waals surface area contributed by atoms with Gasteiger partial charge in [-0.1, -0.05) is 26.0 Å². The number of carbonyl (C=O) groups is 1. The van der Waals surface area contributed by atoms with Crippen LogP contribution in [0.5, 0.6) is 0 Å². The maximum absolute atomic E-state index is 11.8. The number of Topliss-reactive ketones (excluding diaryl/α,β-unsaturated/α-hetero) is 1. The monoisotopic (exact) mass is 248 g/mol. The molecular formula is C15H20OS. The summed E-state index contributed by atoms with van der Waals surface area (Å²) >= 11 is 1.88. The van der Waals surface area contributed by atoms with Gasteiger partial charge in [-0.2, -0.15) is 0 Å². The van der Waals surface area contributed by atoms with Gasteiger partial charge >= 0.3 is 0 Å². The van der Waals surface area contributed by atoms with Crippen LogP contribution in [0.2, 0.25) is 0 Å². The standard InChI is InChI=1S/C15H20OS/c1-11(2)9-10-17-14-7-5-13(6-8-14)15(16)12-3-4-12/h5-8,11-12H,3-4,9-10H2,1-2H3. The SMILES string of the molecule is CC(C)CCSc1ccc(C(=O)C2CC2)cc1. The first-order chi connectivity index (χ1) is 8.16. The Kier molecular flexibility index (Phi) is 4.27. The van der Waals surface area contributed by atoms with Crippen LogP contribution in [-0.2, 0) is 0 Å². The molecule has 0 spiro atoms. The van der Waals surface area contributed by atoms with Crippen LogP contribution < -0.4 is 0 Å². The lowest BCUT2D eigenvalue weighted by molar-refractivity contribution is 0.0967. The molecule has 0 N–H and O–H groups in total. The molecule has 17 heavy (non-hydrogen) atoms. The summed E-state index contributed by atoms with van der Waals surface area (Å²) in [4.78, 5) is 13.1. The van der Waals surface area contributed by atoms with E-state index in [1.54, 1.807) is 0 Å². The Labute approximate surface area is 108 Å². The summed E-state index contributed by atoms with van der Waals surface area (Å²) in [6.07, 6.45) is 3.42. The van der Waals surface area contributed by atoms with Crippen molar-refractivity contribution in [3.63, 3.8) is 0 Å². The van der Waals surface area contributed by atoms with Crippen molar-refractivity contribution in [1.82, 2.24) is 0 Å². The zero-order valence-corrected chi connectivity index (χ0v) is 11.4. The molecule has 0 aliphatic heterocycles. The maximum Gasteiger partial charge on any atom is 0.165 e. The Hall–Kier alpha value is -0.760. The van der Waals surface area contributed by atoms with Crippen molar-refractivity contribution in [1.29, 1.82) is 0 Å². The fourth-order valence-electron chi connectivity index (χ4n) is 1.71. The summed E-state index contributed by atoms with van der Waals surface area (Å²) in [5, 5.41) is 0. The predicted octanol–water partition coefficient (Wildman–Crippen LogP) is 4.42. The minimum Gasteiger partial charge on any atom is -0.294 e. The molecule has 92 valence electrons. The fourth-order valence-corrected chi connectivity index (χ4v) is 2.86. The van der Waals surface area contributed by atoms with Gasteiger partial charge in [0.1, 0.15) is 0 Å². The van der Waals surface area contributed by atoms with Gasteiger partial charge in [0.05, 0.1) is 0 Å². The molecule has 0 heterocycles. The van der Waals surface area contributed by atoms with E-state index in [4.69, 9.17) is 0 Å². The van der Waals surface area contributed by atoms with Gasteiger partial charge in [0.25, 0.3) is 0 Å². The normalized spacial score (nSPS) is 15.2. The van der Waals surface area contributed by atoms with Gasteiger partial charge in [0.2, 0.25) is 0 Å². The Bertz CT molecular complexity index is 376. The second-order valence-electron chi connectivity index (χ2n) is 5.19. The van der Waals surface area contributed by atoms with Crippen LogP contribution in [0, 0.1) is 11.8 Å². The first kappa shape index (κ1) is 12.7. The number of carbonyl (C=O) groups excluding carboxylic acids is 1. The zero-order valence-electron chi connectivity index (χ0n) is 10.6. The molecule has 1 aliphatic carbocycles. The molecule has 1 aromatic carbocycles. The van der Waals surface area contributed by atoms with Crippen LogP contribution in [0.1, 0.15) is 43.5 Å². The van der Waals surface area contributed by atoms with E-state index in [0.29, 0.717) is 11.7 Å². The Morgan fingerprint density at radius 1 is 1.29 bits per heavy atom. The van der Waals surface area contributed by atoms with Crippen LogP contribution in [-0.4, -0.2) is 11.5 Å². The Morgan fingerprint density at radius 3 is 2.47 bits per heavy atom. The number of ketones is 1. The van der Waals surface area contributed by atoms with Crippen LogP contribution in [0.3, 0.4) is 0 Å². The van der Waals surface area contributed by atoms with Crippen molar-refractivity contribution in [3.8, 4) is 0 Å². The van der Waals surface area contributed by atoms with Crippen molar-refractivity contribution in [2.45, 2.75) is 38.0 Å². The molecule has 0 aromatic heterocycles. The van der Waals surface area contributed by atoms with Crippen molar-refractivity contribution in [2.75, 3.05) is 5.75 Å². The molecule has 1 aliphatic rings. The van der Waals surface area contributed by atoms with Gasteiger partial charge < -0.3 is 0 Å². The second-order valence-corrected chi connectivity index (χ2v) is 6.36. The summed E-state index contributed by atoms with van der Waals surface area (Å²) in [5.74, 6) is 2.59. The molecule has 2 heteroatoms. The smallest absolute Gasteiger partial charge is 0.165 e. The molecule has 1 nitrogen and oxygen atoms in total. The molecule has 2 rings (SSSR count). The highest BCUT2D eigenvalue weighted by Gasteiger charge is 2.30. The summed E-state index contributed by atoms with van der Waals surface area (Å²) in [6, 6.07) is 8.14. The van der Waals surface area contributed by atoms with E-state index in [1.807, 2.05) is 23.9 Å². The van der Waals surface area contributed by atoms with Gasteiger partial charge in [0, 0.05) is 16.4 Å². The average molecular weight is 248 g/mol. The highest BCUT2D eigenvalue weighted by molar-refractivity contribution is 7.99. The summed E-state index contributed by atoms with van der Waals surface area (Å²) in [5.41, 5.74) is 0.890. The van der Waals surface area contributed by atoms with E-state index in [-0.39, 0.29) is 0 Å². The highest BCUT2D eigenvalue weighted by Crippen LogP contribution is 2.33. The van der Waals surface area contributed by atoms with Gasteiger partial charge in [-0.25, -0.2) is 0 Å². The van der Waals surface area contributed by atoms with Gasteiger partial charge in [-0.15, -0.1) is 11.8 Å². The Morgan fingerprint density at radius 2 is 1.94 bits per heavy atom. The lowest BCUT2D eigenvalue weighted by atomic mass is 10.1. The molecule has 0 radical (unpaired) electrons. The number of thioether (sulfide) groups is 1. The quantitative estimate of drug-likeness (QED) is 0.547. The van der Waals surface area contributed by atoms with E-state index < -0.39 is 0 Å². The Balaban J connectivity index is 1.86. The maximum atomic E-state index is 11.8. The van der Waals surface area contributed by atoms with E-state index in [2.05, 4.69) is 26.0 Å². The predicted molar refractivity (Wildman–Crippen MR) is 73.7 cm³/mol. The third kappa shape index (κ3) is 3.88. The van der Waals surface area contributed by atoms with Crippen molar-refractivity contribution in [3.05, 3.63) is 29.8 Å². The molecular weight excluding hydrogens is 228 g/mol. The minimum absolute atomic E-state index is 0.328. The zero-order chi connectivity index (χ0) is 12.3. The van der Waals surface area contributed by atoms with Crippen molar-refractivity contribution < 1.29 is 4.79 Å². The number of benzene rings is 1. The van der Waals surface area contributed by atoms with Crippen molar-refractivity contribution >= 4 is 17.5 Å². The van der Waals surface area contributed by atoms with E-state index in [0.717, 1.165) is 30.1 Å². The van der Waals surface area contributed by atoms with Gasteiger partial charge in [0.15, 0.2) is 5.78 Å². The molecule has 0 saturated heterocycles. The van der Waals surface area contributed by atoms with Gasteiger partial charge in [-0.05, 0) is 43.1 Å². The van der Waals surface area contributed by atoms with E-state index in [9.17, 15) is 4.79 Å². The molecule has 0 amide bonds. The minimum atomic E-state index is 0.328. The average Bonchev–Trinajstić information content (AvgIpc) is 3.12. The van der Waals surface area contributed by atoms with Crippen LogP contribution in [0.4, 0.5) is 0 Å². The summed E-state index contributed by atoms with van der Waals surface area (Å²) in [7, 11) is 0. The molecule has 1 fully saturated rings. The molecule has 1 aromatic rings. The second kappa shape index (κ2) is 5.72. The number of hydrogen-bond acceptors (Lipinski definition) is 2. The summed E-state index contributed by atoms with van der Waals surface area (Å²) in [6.45, 7) is 4.50. The number of rotatable bonds is 6. The first-order valence-electron chi connectivity index (χ1n) is 6.44. The van der Waals surface area contributed by atoms with Crippen LogP contribution >= 0.6 is 11.8 Å². The third-order valence-electron chi connectivity index (χ3n) is 3.05. The van der Waals surface area contributed by atoms with Crippen LogP contribution in [0.25, 0.3) is 0 Å². The van der Waals surface area contributed by atoms with E-state index in [1.165, 1.54) is 11.3 Å². The molecule has 0 atom stereocenters. The highest BCUT2D eigenvalue weighted by atomic mass is 32.2. The third-order valence-corrected chi connectivity index (χ3v) is 4.10. The summed E-state index contributed by atoms with van der Waals surface area (Å²) < 4.78 is 0. The first-order valence-corrected chi connectivity index (χ1v) is 7.42. The van der Waals surface area contributed by atoms with Crippen molar-refractivity contribution in [2.24, 2.45) is 11.8 Å². The molecule has 0 unspecified atom stereocenters. The lowest BCUT2D eigenvalue weighted by Gasteiger charge is -2.05. The largest absolute Gasteiger partial charge is 0.294 e. The number of hydrogen-bond donors (Lipinski definition) is 0.